The van der Waals surface area contributed by atoms with Crippen LogP contribution in [0, 0.1) is 0 Å². The van der Waals surface area contributed by atoms with Crippen LogP contribution in [0.15, 0.2) is 9.98 Å². The molecule has 134 valence electrons. The fourth-order valence-electron chi connectivity index (χ4n) is 1.51. The van der Waals surface area contributed by atoms with Gasteiger partial charge in [-0.05, 0) is 6.92 Å². The average Bonchev–Trinajstić information content (AvgIpc) is 2.21. The van der Waals surface area contributed by atoms with E-state index in [0.29, 0.717) is 0 Å². The summed E-state index contributed by atoms with van der Waals surface area (Å²) in [5.41, 5.74) is -1.94. The van der Waals surface area contributed by atoms with Crippen LogP contribution < -0.4 is 0 Å². The third-order valence-electron chi connectivity index (χ3n) is 2.48. The molecule has 0 aromatic heterocycles. The van der Waals surface area contributed by atoms with Gasteiger partial charge in [-0.15, -0.1) is 0 Å². The van der Waals surface area contributed by atoms with Crippen molar-refractivity contribution >= 4 is 151 Å². The molecular formula is C8H3Cl12N3. The number of hydrogen-bond donors (Lipinski definition) is 0. The Hall–Kier alpha value is 2.62. The fourth-order valence-corrected chi connectivity index (χ4v) is 3.26. The summed E-state index contributed by atoms with van der Waals surface area (Å²) in [5, 5.41) is 0. The number of aliphatic imine (C=N–C) groups is 2. The van der Waals surface area contributed by atoms with Crippen molar-refractivity contribution in [3.63, 3.8) is 0 Å². The van der Waals surface area contributed by atoms with Crippen molar-refractivity contribution in [3.8, 4) is 0 Å². The Kier molecular flexibility index (Phi) is 7.43. The Labute approximate surface area is 191 Å². The van der Waals surface area contributed by atoms with Gasteiger partial charge in [0, 0.05) is 0 Å². The van der Waals surface area contributed by atoms with Crippen molar-refractivity contribution in [2.24, 2.45) is 9.98 Å². The molecule has 0 spiro atoms. The van der Waals surface area contributed by atoms with Gasteiger partial charge in [0.1, 0.15) is 0 Å². The first-order chi connectivity index (χ1) is 9.82. The molecule has 15 heteroatoms. The van der Waals surface area contributed by atoms with Gasteiger partial charge in [0.2, 0.25) is 11.4 Å². The standard InChI is InChI=1S/C8H3Cl12N3/c1-4(7(15,16)17)22-2(5(9,10)11)21-3(6(12,13)14)23(4)8(18,19)20/h1H3. The molecule has 0 saturated carbocycles. The minimum Gasteiger partial charge on any atom is -0.283 e. The molecule has 0 radical (unpaired) electrons. The van der Waals surface area contributed by atoms with Crippen molar-refractivity contribution in [1.29, 1.82) is 0 Å². The molecule has 0 bridgehead atoms. The van der Waals surface area contributed by atoms with Gasteiger partial charge in [0.25, 0.3) is 3.92 Å². The van der Waals surface area contributed by atoms with E-state index in [-0.39, 0.29) is 0 Å². The van der Waals surface area contributed by atoms with Crippen molar-refractivity contribution in [1.82, 2.24) is 4.90 Å². The first-order valence-corrected chi connectivity index (χ1v) is 9.62. The SMILES string of the molecule is CC1(C(Cl)(Cl)Cl)N=C(C(Cl)(Cl)Cl)N=C(C(Cl)(Cl)Cl)N1C(Cl)(Cl)Cl. The average molecular weight is 567 g/mol. The van der Waals surface area contributed by atoms with Crippen molar-refractivity contribution in [3.05, 3.63) is 0 Å². The predicted octanol–water partition coefficient (Wildman–Crippen LogP) is 7.25. The molecule has 0 N–H and O–H groups in total. The van der Waals surface area contributed by atoms with Crippen LogP contribution in [-0.2, 0) is 0 Å². The van der Waals surface area contributed by atoms with Crippen LogP contribution in [0.4, 0.5) is 0 Å². The monoisotopic (exact) mass is 561 g/mol. The summed E-state index contributed by atoms with van der Waals surface area (Å²) in [4.78, 5) is 8.64. The third kappa shape index (κ3) is 5.33. The summed E-state index contributed by atoms with van der Waals surface area (Å²) in [6, 6.07) is 0. The van der Waals surface area contributed by atoms with Crippen LogP contribution in [-0.4, -0.2) is 37.5 Å². The molecule has 0 aromatic rings. The summed E-state index contributed by atoms with van der Waals surface area (Å²) >= 11 is 70.7. The zero-order valence-electron chi connectivity index (χ0n) is 10.4. The Balaban J connectivity index is 3.79. The van der Waals surface area contributed by atoms with E-state index < -0.39 is 32.6 Å². The molecular weight excluding hydrogens is 564 g/mol. The summed E-state index contributed by atoms with van der Waals surface area (Å²) in [6.07, 6.45) is 0. The van der Waals surface area contributed by atoms with Crippen LogP contribution in [0.2, 0.25) is 0 Å². The molecule has 0 fully saturated rings. The maximum Gasteiger partial charge on any atom is 0.271 e. The molecule has 1 unspecified atom stereocenters. The Morgan fingerprint density at radius 2 is 1.22 bits per heavy atom. The second-order valence-electron chi connectivity index (χ2n) is 4.19. The fraction of sp³-hybridized carbons (Fsp3) is 0.750. The smallest absolute Gasteiger partial charge is 0.271 e. The van der Waals surface area contributed by atoms with Crippen LogP contribution >= 0.6 is 139 Å². The van der Waals surface area contributed by atoms with E-state index in [4.69, 9.17) is 139 Å². The van der Waals surface area contributed by atoms with Gasteiger partial charge in [-0.25, -0.2) is 9.98 Å². The van der Waals surface area contributed by atoms with E-state index in [1.165, 1.54) is 6.92 Å². The largest absolute Gasteiger partial charge is 0.283 e. The van der Waals surface area contributed by atoms with Gasteiger partial charge < -0.3 is 0 Å². The molecule has 0 amide bonds. The predicted molar refractivity (Wildman–Crippen MR) is 106 cm³/mol. The van der Waals surface area contributed by atoms with Gasteiger partial charge in [0.05, 0.1) is 0 Å². The first kappa shape index (κ1) is 23.7. The highest BCUT2D eigenvalue weighted by Gasteiger charge is 2.61. The topological polar surface area (TPSA) is 28.0 Å². The first-order valence-electron chi connectivity index (χ1n) is 5.08. The van der Waals surface area contributed by atoms with E-state index in [1.54, 1.807) is 0 Å². The number of amidine groups is 2. The normalized spacial score (nSPS) is 24.5. The number of alkyl halides is 12. The maximum atomic E-state index is 5.98. The third-order valence-corrected chi connectivity index (χ3v) is 5.08. The molecule has 0 aromatic carbocycles. The Bertz CT molecular complexity index is 532. The number of rotatable bonds is 0. The molecule has 1 heterocycles. The minimum atomic E-state index is -2.27. The highest BCUT2D eigenvalue weighted by Crippen LogP contribution is 2.53. The molecule has 0 saturated heterocycles. The summed E-state index contributed by atoms with van der Waals surface area (Å²) in [6.45, 7) is 1.27. The highest BCUT2D eigenvalue weighted by molar-refractivity contribution is 6.80. The summed E-state index contributed by atoms with van der Waals surface area (Å²) in [7, 11) is 0. The number of nitrogens with zero attached hydrogens (tertiary/aromatic N) is 3. The number of halogens is 12. The van der Waals surface area contributed by atoms with Crippen LogP contribution in [0.25, 0.3) is 0 Å². The summed E-state index contributed by atoms with van der Waals surface area (Å²) < 4.78 is -8.82. The zero-order valence-corrected chi connectivity index (χ0v) is 19.4. The lowest BCUT2D eigenvalue weighted by Crippen LogP contribution is -2.65. The van der Waals surface area contributed by atoms with E-state index in [2.05, 4.69) is 9.98 Å². The van der Waals surface area contributed by atoms with Crippen molar-refractivity contribution < 1.29 is 0 Å². The zero-order chi connectivity index (χ0) is 18.6. The molecule has 1 aliphatic heterocycles. The minimum absolute atomic E-state index is 0.428. The van der Waals surface area contributed by atoms with Gasteiger partial charge in [-0.1, -0.05) is 139 Å². The highest BCUT2D eigenvalue weighted by atomic mass is 35.6. The molecule has 23 heavy (non-hydrogen) atoms. The van der Waals surface area contributed by atoms with E-state index >= 15 is 0 Å². The quantitative estimate of drug-likeness (QED) is 0.224. The summed E-state index contributed by atoms with van der Waals surface area (Å²) in [5.74, 6) is -0.893. The Morgan fingerprint density at radius 1 is 0.783 bits per heavy atom. The lowest BCUT2D eigenvalue weighted by molar-refractivity contribution is 0.197. The van der Waals surface area contributed by atoms with Gasteiger partial charge in [-0.2, -0.15) is 0 Å². The second-order valence-corrected chi connectivity index (χ2v) is 13.3. The molecule has 3 nitrogen and oxygen atoms in total. The molecule has 1 rings (SSSR count). The van der Waals surface area contributed by atoms with E-state index in [9.17, 15) is 0 Å². The van der Waals surface area contributed by atoms with Gasteiger partial charge >= 0.3 is 0 Å². The van der Waals surface area contributed by atoms with E-state index in [1.807, 2.05) is 0 Å². The lowest BCUT2D eigenvalue weighted by Gasteiger charge is -2.50. The van der Waals surface area contributed by atoms with Gasteiger partial charge in [-0.3, -0.25) is 4.90 Å². The van der Waals surface area contributed by atoms with E-state index in [0.717, 1.165) is 4.90 Å². The van der Waals surface area contributed by atoms with Gasteiger partial charge in [0.15, 0.2) is 17.3 Å². The maximum absolute atomic E-state index is 5.98. The van der Waals surface area contributed by atoms with Crippen LogP contribution in [0.1, 0.15) is 6.92 Å². The molecule has 0 aliphatic carbocycles. The number of hydrogen-bond acceptors (Lipinski definition) is 3. The van der Waals surface area contributed by atoms with Crippen LogP contribution in [0.3, 0.4) is 0 Å². The lowest BCUT2D eigenvalue weighted by atomic mass is 10.2. The molecule has 1 aliphatic rings. The second kappa shape index (κ2) is 7.22. The van der Waals surface area contributed by atoms with Crippen LogP contribution in [0.5, 0.6) is 0 Å². The molecule has 1 atom stereocenters. The van der Waals surface area contributed by atoms with Crippen molar-refractivity contribution in [2.45, 2.75) is 27.9 Å². The Morgan fingerprint density at radius 3 is 1.48 bits per heavy atom. The van der Waals surface area contributed by atoms with Crippen molar-refractivity contribution in [2.75, 3.05) is 0 Å².